The van der Waals surface area contributed by atoms with Gasteiger partial charge in [0.25, 0.3) is 0 Å². The fraction of sp³-hybridized carbons (Fsp3) is 0.474. The van der Waals surface area contributed by atoms with E-state index in [-0.39, 0.29) is 11.5 Å². The molecule has 9 heteroatoms. The van der Waals surface area contributed by atoms with Crippen molar-refractivity contribution in [3.05, 3.63) is 50.1 Å². The van der Waals surface area contributed by atoms with E-state index in [0.29, 0.717) is 43.0 Å². The Morgan fingerprint density at radius 2 is 1.86 bits per heavy atom. The van der Waals surface area contributed by atoms with Crippen molar-refractivity contribution in [2.24, 2.45) is 17.6 Å². The van der Waals surface area contributed by atoms with E-state index in [1.165, 1.54) is 0 Å². The van der Waals surface area contributed by atoms with Crippen LogP contribution in [-0.4, -0.2) is 21.4 Å². The van der Waals surface area contributed by atoms with Gasteiger partial charge in [-0.15, -0.1) is 0 Å². The van der Waals surface area contributed by atoms with Gasteiger partial charge in [-0.05, 0) is 62.1 Å². The van der Waals surface area contributed by atoms with Crippen LogP contribution in [0.25, 0.3) is 0 Å². The van der Waals surface area contributed by atoms with Crippen molar-refractivity contribution >= 4 is 33.4 Å². The van der Waals surface area contributed by atoms with Crippen LogP contribution >= 0.6 is 15.9 Å². The van der Waals surface area contributed by atoms with Crippen molar-refractivity contribution in [2.45, 2.75) is 38.6 Å². The highest BCUT2D eigenvalue weighted by Gasteiger charge is 2.27. The molecule has 0 aliphatic heterocycles. The Balaban J connectivity index is 1.77. The number of nitro groups is 1. The van der Waals surface area contributed by atoms with Crippen LogP contribution in [-0.2, 0) is 13.0 Å². The molecule has 2 aromatic rings. The zero-order chi connectivity index (χ0) is 20.1. The Kier molecular flexibility index (Phi) is 6.79. The number of hydrogen-bond donors (Lipinski definition) is 3. The molecule has 1 saturated carbocycles. The van der Waals surface area contributed by atoms with Crippen LogP contribution in [0.3, 0.4) is 0 Å². The van der Waals surface area contributed by atoms with Crippen LogP contribution in [0.15, 0.2) is 28.7 Å². The second-order valence-corrected chi connectivity index (χ2v) is 8.11. The first-order valence-electron chi connectivity index (χ1n) is 9.46. The summed E-state index contributed by atoms with van der Waals surface area (Å²) in [4.78, 5) is 19.6. The second-order valence-electron chi connectivity index (χ2n) is 7.26. The first-order valence-corrected chi connectivity index (χ1v) is 10.2. The van der Waals surface area contributed by atoms with E-state index in [2.05, 4.69) is 31.2 Å². The second kappa shape index (κ2) is 9.29. The molecule has 1 fully saturated rings. The van der Waals surface area contributed by atoms with Crippen LogP contribution < -0.4 is 16.8 Å². The van der Waals surface area contributed by atoms with Gasteiger partial charge in [0.15, 0.2) is 0 Å². The molecule has 0 bridgehead atoms. The summed E-state index contributed by atoms with van der Waals surface area (Å²) in [5.41, 5.74) is 12.9. The Hall–Kier alpha value is -2.26. The lowest BCUT2D eigenvalue weighted by Crippen LogP contribution is -2.23. The van der Waals surface area contributed by atoms with Gasteiger partial charge in [0.2, 0.25) is 11.8 Å². The van der Waals surface area contributed by atoms with Gasteiger partial charge in [-0.3, -0.25) is 10.1 Å². The van der Waals surface area contributed by atoms with Crippen LogP contribution in [0.4, 0.5) is 17.5 Å². The molecule has 1 heterocycles. The highest BCUT2D eigenvalue weighted by Crippen LogP contribution is 2.34. The molecule has 1 aromatic carbocycles. The minimum absolute atomic E-state index is 0.0970. The van der Waals surface area contributed by atoms with Crippen LogP contribution in [0, 0.1) is 22.0 Å². The molecular formula is C19H25BrN6O2. The molecule has 0 saturated heterocycles. The van der Waals surface area contributed by atoms with Gasteiger partial charge in [-0.25, -0.2) is 4.98 Å². The Morgan fingerprint density at radius 3 is 2.50 bits per heavy atom. The van der Waals surface area contributed by atoms with Gasteiger partial charge in [-0.2, -0.15) is 4.98 Å². The summed E-state index contributed by atoms with van der Waals surface area (Å²) >= 11 is 3.50. The van der Waals surface area contributed by atoms with E-state index in [9.17, 15) is 10.1 Å². The van der Waals surface area contributed by atoms with Crippen molar-refractivity contribution in [2.75, 3.05) is 17.6 Å². The molecule has 28 heavy (non-hydrogen) atoms. The molecule has 0 amide bonds. The van der Waals surface area contributed by atoms with E-state index in [1.807, 2.05) is 24.3 Å². The largest absolute Gasteiger partial charge is 0.378 e. The third-order valence-corrected chi connectivity index (χ3v) is 6.12. The number of nitrogens with two attached hydrogens (primary N) is 2. The third-order valence-electron chi connectivity index (χ3n) is 5.34. The Bertz CT molecular complexity index is 839. The molecular weight excluding hydrogens is 424 g/mol. The molecule has 0 atom stereocenters. The molecule has 1 aliphatic rings. The third kappa shape index (κ3) is 4.96. The van der Waals surface area contributed by atoms with Crippen molar-refractivity contribution in [1.29, 1.82) is 0 Å². The minimum Gasteiger partial charge on any atom is -0.378 e. The molecule has 5 N–H and O–H groups in total. The number of aromatic nitrogens is 2. The van der Waals surface area contributed by atoms with Gasteiger partial charge in [0.1, 0.15) is 5.69 Å². The monoisotopic (exact) mass is 448 g/mol. The number of nitrogens with one attached hydrogen (secondary N) is 1. The smallest absolute Gasteiger partial charge is 0.332 e. The SMILES string of the molecule is NC[C@H]1CC[C@H](Cc2nc(NCc3ccccc3Br)nc(N)c2[N+](=O)[O-])CC1. The van der Waals surface area contributed by atoms with E-state index in [4.69, 9.17) is 11.5 Å². The summed E-state index contributed by atoms with van der Waals surface area (Å²) in [5, 5.41) is 14.7. The lowest BCUT2D eigenvalue weighted by Gasteiger charge is -2.27. The van der Waals surface area contributed by atoms with Gasteiger partial charge in [0.05, 0.1) is 4.92 Å². The zero-order valence-electron chi connectivity index (χ0n) is 15.6. The number of rotatable bonds is 7. The summed E-state index contributed by atoms with van der Waals surface area (Å²) in [7, 11) is 0. The molecule has 0 spiro atoms. The molecule has 3 rings (SSSR count). The predicted octanol–water partition coefficient (Wildman–Crippen LogP) is 3.65. The maximum absolute atomic E-state index is 11.5. The zero-order valence-corrected chi connectivity index (χ0v) is 17.2. The first kappa shape index (κ1) is 20.5. The van der Waals surface area contributed by atoms with Crippen molar-refractivity contribution < 1.29 is 4.92 Å². The number of nitrogens with zero attached hydrogens (tertiary/aromatic N) is 3. The molecule has 150 valence electrons. The van der Waals surface area contributed by atoms with Gasteiger partial charge in [0, 0.05) is 11.0 Å². The molecule has 0 radical (unpaired) electrons. The van der Waals surface area contributed by atoms with E-state index >= 15 is 0 Å². The fourth-order valence-corrected chi connectivity index (χ4v) is 4.13. The lowest BCUT2D eigenvalue weighted by atomic mass is 9.80. The van der Waals surface area contributed by atoms with Gasteiger partial charge >= 0.3 is 5.69 Å². The van der Waals surface area contributed by atoms with Crippen LogP contribution in [0.1, 0.15) is 36.9 Å². The normalized spacial score (nSPS) is 19.4. The summed E-state index contributed by atoms with van der Waals surface area (Å²) < 4.78 is 0.967. The summed E-state index contributed by atoms with van der Waals surface area (Å²) in [5.74, 6) is 1.12. The van der Waals surface area contributed by atoms with Gasteiger partial charge in [-0.1, -0.05) is 34.1 Å². The maximum atomic E-state index is 11.5. The number of benzene rings is 1. The number of halogens is 1. The van der Waals surface area contributed by atoms with E-state index in [1.54, 1.807) is 0 Å². The van der Waals surface area contributed by atoms with Crippen LogP contribution in [0.5, 0.6) is 0 Å². The van der Waals surface area contributed by atoms with Gasteiger partial charge < -0.3 is 16.8 Å². The Morgan fingerprint density at radius 1 is 1.18 bits per heavy atom. The summed E-state index contributed by atoms with van der Waals surface area (Å²) in [6, 6.07) is 7.80. The summed E-state index contributed by atoms with van der Waals surface area (Å²) in [6.45, 7) is 1.19. The topological polar surface area (TPSA) is 133 Å². The molecule has 1 aliphatic carbocycles. The quantitative estimate of drug-likeness (QED) is 0.434. The maximum Gasteiger partial charge on any atom is 0.332 e. The first-order chi connectivity index (χ1) is 13.5. The molecule has 8 nitrogen and oxygen atoms in total. The molecule has 1 aromatic heterocycles. The predicted molar refractivity (Wildman–Crippen MR) is 113 cm³/mol. The highest BCUT2D eigenvalue weighted by molar-refractivity contribution is 9.10. The van der Waals surface area contributed by atoms with Crippen molar-refractivity contribution in [3.63, 3.8) is 0 Å². The standard InChI is InChI=1S/C19H25BrN6O2/c20-15-4-2-1-3-14(15)11-23-19-24-16(17(26(27)28)18(22)25-19)9-12-5-7-13(10-21)8-6-12/h1-4,12-13H,5-11,21H2,(H3,22,23,24,25)/t12-,13-. The van der Waals surface area contributed by atoms with Crippen molar-refractivity contribution in [3.8, 4) is 0 Å². The van der Waals surface area contributed by atoms with E-state index < -0.39 is 4.92 Å². The van der Waals surface area contributed by atoms with E-state index in [0.717, 1.165) is 35.7 Å². The molecule has 0 unspecified atom stereocenters. The number of hydrogen-bond acceptors (Lipinski definition) is 7. The fourth-order valence-electron chi connectivity index (χ4n) is 3.70. The number of anilines is 2. The van der Waals surface area contributed by atoms with Crippen LogP contribution in [0.2, 0.25) is 0 Å². The number of nitrogen functional groups attached to an aromatic ring is 1. The average molecular weight is 449 g/mol. The average Bonchev–Trinajstić information content (AvgIpc) is 2.67. The highest BCUT2D eigenvalue weighted by atomic mass is 79.9. The Labute approximate surface area is 172 Å². The summed E-state index contributed by atoms with van der Waals surface area (Å²) in [6.07, 6.45) is 4.65. The minimum atomic E-state index is -0.478. The van der Waals surface area contributed by atoms with Crippen molar-refractivity contribution in [1.82, 2.24) is 9.97 Å². The lowest BCUT2D eigenvalue weighted by molar-refractivity contribution is -0.385.